The zero-order chi connectivity index (χ0) is 28.3. The molecule has 0 aliphatic carbocycles. The molecule has 2 aromatic carbocycles. The molecule has 4 rings (SSSR count). The van der Waals surface area contributed by atoms with Gasteiger partial charge in [-0.25, -0.2) is 0 Å². The minimum Gasteiger partial charge on any atom is -0.497 e. The summed E-state index contributed by atoms with van der Waals surface area (Å²) in [7, 11) is 3.32. The van der Waals surface area contributed by atoms with E-state index in [2.05, 4.69) is 4.90 Å². The summed E-state index contributed by atoms with van der Waals surface area (Å²) in [5.74, 6) is 2.05. The average molecular weight is 556 g/mol. The molecule has 0 aromatic heterocycles. The van der Waals surface area contributed by atoms with Crippen LogP contribution in [0.15, 0.2) is 42.5 Å². The van der Waals surface area contributed by atoms with E-state index < -0.39 is 6.10 Å². The Morgan fingerprint density at radius 3 is 2.52 bits per heavy atom. The van der Waals surface area contributed by atoms with Crippen molar-refractivity contribution in [2.45, 2.75) is 63.5 Å². The van der Waals surface area contributed by atoms with Gasteiger partial charge in [-0.3, -0.25) is 14.5 Å². The number of fused-ring (bicyclic) bond motifs is 1. The maximum atomic E-state index is 13.1. The Labute approximate surface area is 239 Å². The molecule has 0 unspecified atom stereocenters. The van der Waals surface area contributed by atoms with Gasteiger partial charge in [0.2, 0.25) is 0 Å². The van der Waals surface area contributed by atoms with Crippen LogP contribution in [0.3, 0.4) is 0 Å². The lowest BCUT2D eigenvalue weighted by atomic mass is 9.89. The SMILES string of the molecule is COC[C@@H]1CCCN1C[C@@H](CC(=O)CCCCCC(=O)c1ccc(OC)cc1)[C@H](O)c1ccc2c(c1)OCCO2.[HH]. The molecule has 2 aromatic rings. The second-order valence-electron chi connectivity index (χ2n) is 10.8. The predicted octanol–water partition coefficient (Wildman–Crippen LogP) is 5.27. The van der Waals surface area contributed by atoms with Crippen LogP contribution < -0.4 is 14.2 Å². The van der Waals surface area contributed by atoms with E-state index in [0.29, 0.717) is 68.7 Å². The number of unbranched alkanes of at least 4 members (excludes halogenated alkanes) is 2. The Balaban J connectivity index is 0.00000462. The van der Waals surface area contributed by atoms with Gasteiger partial charge < -0.3 is 24.1 Å². The Bertz CT molecular complexity index is 1110. The molecular weight excluding hydrogens is 510 g/mol. The number of likely N-dealkylation sites (tertiary alicyclic amines) is 1. The number of carbonyl (C=O) groups is 2. The van der Waals surface area contributed by atoms with Crippen molar-refractivity contribution >= 4 is 11.6 Å². The summed E-state index contributed by atoms with van der Waals surface area (Å²) in [6.07, 6.45) is 4.84. The van der Waals surface area contributed by atoms with E-state index in [-0.39, 0.29) is 18.9 Å². The standard InChI is InChI=1S/C32H43NO7.H2/c1-37-22-26-7-6-16-33(26)21-25(32(36)24-12-15-30-31(20-24)40-18-17-39-30)19-27(34)8-4-3-5-9-29(35)23-10-13-28(38-2)14-11-23;/h10-15,20,25-26,32,36H,3-9,16-19,21-22H2,1-2H3;1H/t25-,26+,32-;/m1./s1. The summed E-state index contributed by atoms with van der Waals surface area (Å²) >= 11 is 0. The van der Waals surface area contributed by atoms with Crippen LogP contribution in [0.2, 0.25) is 0 Å². The molecule has 8 heteroatoms. The van der Waals surface area contributed by atoms with Crippen molar-refractivity contribution in [2.75, 3.05) is 47.1 Å². The van der Waals surface area contributed by atoms with E-state index >= 15 is 0 Å². The first-order valence-electron chi connectivity index (χ1n) is 14.5. The molecule has 0 radical (unpaired) electrons. The quantitative estimate of drug-likeness (QED) is 0.221. The van der Waals surface area contributed by atoms with Gasteiger partial charge in [0.25, 0.3) is 0 Å². The fraction of sp³-hybridized carbons (Fsp3) is 0.562. The van der Waals surface area contributed by atoms with E-state index in [1.807, 2.05) is 18.2 Å². The van der Waals surface area contributed by atoms with E-state index in [1.54, 1.807) is 38.5 Å². The fourth-order valence-corrected chi connectivity index (χ4v) is 5.71. The van der Waals surface area contributed by atoms with Gasteiger partial charge in [-0.05, 0) is 74.2 Å². The van der Waals surface area contributed by atoms with Crippen molar-refractivity contribution < 1.29 is 35.1 Å². The summed E-state index contributed by atoms with van der Waals surface area (Å²) in [6.45, 7) is 3.21. The van der Waals surface area contributed by atoms with Gasteiger partial charge in [0.1, 0.15) is 24.7 Å². The van der Waals surface area contributed by atoms with E-state index in [9.17, 15) is 14.7 Å². The summed E-state index contributed by atoms with van der Waals surface area (Å²) in [5, 5.41) is 11.5. The van der Waals surface area contributed by atoms with E-state index in [1.165, 1.54) is 0 Å². The van der Waals surface area contributed by atoms with Gasteiger partial charge in [0, 0.05) is 51.9 Å². The van der Waals surface area contributed by atoms with Crippen molar-refractivity contribution in [3.63, 3.8) is 0 Å². The summed E-state index contributed by atoms with van der Waals surface area (Å²) in [4.78, 5) is 27.9. The maximum Gasteiger partial charge on any atom is 0.162 e. The van der Waals surface area contributed by atoms with Gasteiger partial charge in [-0.1, -0.05) is 12.5 Å². The number of Topliss-reactive ketones (excluding diaryl/α,β-unsaturated/α-hetero) is 2. The maximum absolute atomic E-state index is 13.1. The lowest BCUT2D eigenvalue weighted by Gasteiger charge is -2.31. The van der Waals surface area contributed by atoms with Gasteiger partial charge in [-0.15, -0.1) is 0 Å². The average Bonchev–Trinajstić information content (AvgIpc) is 3.42. The first kappa shape index (κ1) is 30.0. The third kappa shape index (κ3) is 8.29. The molecule has 8 nitrogen and oxygen atoms in total. The van der Waals surface area contributed by atoms with E-state index in [4.69, 9.17) is 18.9 Å². The van der Waals surface area contributed by atoms with Crippen LogP contribution in [-0.2, 0) is 9.53 Å². The van der Waals surface area contributed by atoms with Crippen molar-refractivity contribution in [1.29, 1.82) is 0 Å². The normalized spacial score (nSPS) is 18.3. The highest BCUT2D eigenvalue weighted by Crippen LogP contribution is 2.36. The summed E-state index contributed by atoms with van der Waals surface area (Å²) < 4.78 is 21.9. The first-order chi connectivity index (χ1) is 19.5. The number of ketones is 2. The summed E-state index contributed by atoms with van der Waals surface area (Å²) in [6, 6.07) is 13.0. The molecule has 0 saturated carbocycles. The van der Waals surface area contributed by atoms with Crippen molar-refractivity contribution in [3.05, 3.63) is 53.6 Å². The molecule has 0 spiro atoms. The third-order valence-electron chi connectivity index (χ3n) is 7.94. The zero-order valence-electron chi connectivity index (χ0n) is 23.8. The number of rotatable bonds is 16. The molecular formula is C32H45NO7. The highest BCUT2D eigenvalue weighted by molar-refractivity contribution is 5.96. The van der Waals surface area contributed by atoms with Gasteiger partial charge >= 0.3 is 0 Å². The second-order valence-corrected chi connectivity index (χ2v) is 10.8. The molecule has 2 aliphatic rings. The van der Waals surface area contributed by atoms with Crippen LogP contribution in [0.25, 0.3) is 0 Å². The number of aliphatic hydroxyl groups excluding tert-OH is 1. The molecule has 1 N–H and O–H groups in total. The number of ether oxygens (including phenoxy) is 4. The highest BCUT2D eigenvalue weighted by Gasteiger charge is 2.32. The number of methoxy groups -OCH3 is 2. The molecule has 2 heterocycles. The molecule has 0 bridgehead atoms. The minimum absolute atomic E-state index is 0. The summed E-state index contributed by atoms with van der Waals surface area (Å²) in [5.41, 5.74) is 1.42. The number of nitrogens with zero attached hydrogens (tertiary/aromatic N) is 1. The smallest absolute Gasteiger partial charge is 0.162 e. The van der Waals surface area contributed by atoms with Crippen LogP contribution in [0.4, 0.5) is 0 Å². The Morgan fingerprint density at radius 2 is 1.77 bits per heavy atom. The Kier molecular flexibility index (Phi) is 11.4. The minimum atomic E-state index is -0.800. The van der Waals surface area contributed by atoms with Gasteiger partial charge in [0.15, 0.2) is 17.3 Å². The number of hydrogen-bond acceptors (Lipinski definition) is 8. The van der Waals surface area contributed by atoms with Crippen molar-refractivity contribution in [1.82, 2.24) is 4.90 Å². The van der Waals surface area contributed by atoms with Gasteiger partial charge in [0.05, 0.1) is 19.8 Å². The number of carbonyl (C=O) groups excluding carboxylic acids is 2. The van der Waals surface area contributed by atoms with Crippen LogP contribution in [0.1, 0.15) is 74.8 Å². The molecule has 1 saturated heterocycles. The lowest BCUT2D eigenvalue weighted by molar-refractivity contribution is -0.121. The van der Waals surface area contributed by atoms with Gasteiger partial charge in [-0.2, -0.15) is 0 Å². The lowest BCUT2D eigenvalue weighted by Crippen LogP contribution is -2.39. The Morgan fingerprint density at radius 1 is 1.02 bits per heavy atom. The van der Waals surface area contributed by atoms with E-state index in [0.717, 1.165) is 50.0 Å². The Hall–Kier alpha value is -2.94. The predicted molar refractivity (Wildman–Crippen MR) is 155 cm³/mol. The zero-order valence-corrected chi connectivity index (χ0v) is 23.8. The van der Waals surface area contributed by atoms with Crippen molar-refractivity contribution in [3.8, 4) is 17.2 Å². The molecule has 2 aliphatic heterocycles. The molecule has 0 amide bonds. The molecule has 1 fully saturated rings. The molecule has 220 valence electrons. The number of hydrogen-bond donors (Lipinski definition) is 1. The van der Waals surface area contributed by atoms with Crippen LogP contribution in [-0.4, -0.2) is 74.7 Å². The highest BCUT2D eigenvalue weighted by atomic mass is 16.6. The van der Waals surface area contributed by atoms with Crippen molar-refractivity contribution in [2.24, 2.45) is 5.92 Å². The second kappa shape index (κ2) is 15.2. The monoisotopic (exact) mass is 555 g/mol. The fourth-order valence-electron chi connectivity index (χ4n) is 5.71. The van der Waals surface area contributed by atoms with Crippen LogP contribution in [0, 0.1) is 5.92 Å². The van der Waals surface area contributed by atoms with Crippen LogP contribution in [0.5, 0.6) is 17.2 Å². The van der Waals surface area contributed by atoms with Crippen LogP contribution >= 0.6 is 0 Å². The molecule has 3 atom stereocenters. The first-order valence-corrected chi connectivity index (χ1v) is 14.5. The third-order valence-corrected chi connectivity index (χ3v) is 7.94. The number of benzene rings is 2. The topological polar surface area (TPSA) is 94.5 Å². The largest absolute Gasteiger partial charge is 0.497 e. The number of aliphatic hydroxyl groups is 1. The molecule has 40 heavy (non-hydrogen) atoms.